The molecule has 1 aliphatic heterocycles. The molecule has 2 atom stereocenters. The number of sulfone groups is 1. The number of benzene rings is 1. The Balaban J connectivity index is 1.57. The van der Waals surface area contributed by atoms with E-state index in [1.165, 1.54) is 0 Å². The van der Waals surface area contributed by atoms with Gasteiger partial charge in [-0.05, 0) is 44.7 Å². The molecule has 0 radical (unpaired) electrons. The monoisotopic (exact) mass is 438 g/mol. The largest absolute Gasteiger partial charge is 0.345 e. The second-order valence-corrected chi connectivity index (χ2v) is 11.0. The van der Waals surface area contributed by atoms with Crippen LogP contribution in [0.5, 0.6) is 0 Å². The molecule has 2 aromatic heterocycles. The maximum atomic E-state index is 13.4. The second-order valence-electron chi connectivity index (χ2n) is 8.76. The van der Waals surface area contributed by atoms with Crippen molar-refractivity contribution in [2.75, 3.05) is 11.5 Å². The third kappa shape index (κ3) is 3.84. The van der Waals surface area contributed by atoms with Gasteiger partial charge in [0, 0.05) is 11.6 Å². The molecule has 1 N–H and O–H groups in total. The average Bonchev–Trinajstić information content (AvgIpc) is 3.47. The first-order valence-corrected chi connectivity index (χ1v) is 12.6. The third-order valence-electron chi connectivity index (χ3n) is 6.30. The summed E-state index contributed by atoms with van der Waals surface area (Å²) in [6.45, 7) is 3.82. The van der Waals surface area contributed by atoms with E-state index in [4.69, 9.17) is 4.98 Å². The van der Waals surface area contributed by atoms with E-state index in [0.717, 1.165) is 24.1 Å². The average molecular weight is 439 g/mol. The number of hydrogen-bond acceptors (Lipinski definition) is 5. The molecule has 1 saturated carbocycles. The summed E-state index contributed by atoms with van der Waals surface area (Å²) in [6.07, 6.45) is 2.65. The molecular weight excluding hydrogens is 412 g/mol. The van der Waals surface area contributed by atoms with Gasteiger partial charge >= 0.3 is 0 Å². The van der Waals surface area contributed by atoms with Crippen LogP contribution >= 0.6 is 0 Å². The summed E-state index contributed by atoms with van der Waals surface area (Å²) in [6, 6.07) is 11.4. The number of hydrogen-bond donors (Lipinski definition) is 1. The second kappa shape index (κ2) is 7.44. The number of aromatic nitrogens is 3. The number of carbonyl (C=O) groups is 1. The zero-order valence-electron chi connectivity index (χ0n) is 17.7. The van der Waals surface area contributed by atoms with Gasteiger partial charge in [-0.2, -0.15) is 5.10 Å². The molecule has 3 aromatic rings. The molecule has 1 aromatic carbocycles. The fraction of sp³-hybridized carbons (Fsp3) is 0.435. The van der Waals surface area contributed by atoms with Crippen molar-refractivity contribution < 1.29 is 13.2 Å². The Labute approximate surface area is 181 Å². The Morgan fingerprint density at radius 2 is 1.94 bits per heavy atom. The molecule has 1 saturated heterocycles. The fourth-order valence-electron chi connectivity index (χ4n) is 4.42. The van der Waals surface area contributed by atoms with Crippen LogP contribution in [0.25, 0.3) is 11.0 Å². The highest BCUT2D eigenvalue weighted by Crippen LogP contribution is 2.41. The van der Waals surface area contributed by atoms with Crippen molar-refractivity contribution in [2.24, 2.45) is 0 Å². The predicted octanol–water partition coefficient (Wildman–Crippen LogP) is 3.47. The van der Waals surface area contributed by atoms with Crippen molar-refractivity contribution in [1.29, 1.82) is 0 Å². The van der Waals surface area contributed by atoms with Crippen molar-refractivity contribution in [3.8, 4) is 0 Å². The van der Waals surface area contributed by atoms with Gasteiger partial charge < -0.3 is 5.32 Å². The van der Waals surface area contributed by atoms with Gasteiger partial charge in [-0.25, -0.2) is 18.1 Å². The highest BCUT2D eigenvalue weighted by molar-refractivity contribution is 7.91. The number of pyridine rings is 1. The number of carbonyl (C=O) groups excluding carboxylic acids is 1. The Morgan fingerprint density at radius 3 is 2.58 bits per heavy atom. The molecule has 1 aliphatic carbocycles. The number of rotatable bonds is 5. The molecule has 2 fully saturated rings. The van der Waals surface area contributed by atoms with E-state index in [2.05, 4.69) is 10.4 Å². The van der Waals surface area contributed by atoms with E-state index in [0.29, 0.717) is 34.6 Å². The Hall–Kier alpha value is -2.74. The van der Waals surface area contributed by atoms with E-state index >= 15 is 0 Å². The SMILES string of the molecule is Cc1nn(C2CCS(=O)(=O)C2)c2nc(C3CC3)cc(C(=O)NC(C)c3ccccc3)c12. The summed E-state index contributed by atoms with van der Waals surface area (Å²) in [7, 11) is -3.06. The topological polar surface area (TPSA) is 93.9 Å². The first-order valence-electron chi connectivity index (χ1n) is 10.8. The highest BCUT2D eigenvalue weighted by atomic mass is 32.2. The molecule has 5 rings (SSSR count). The van der Waals surface area contributed by atoms with E-state index in [9.17, 15) is 13.2 Å². The lowest BCUT2D eigenvalue weighted by Crippen LogP contribution is -2.27. The minimum absolute atomic E-state index is 0.0745. The predicted molar refractivity (Wildman–Crippen MR) is 119 cm³/mol. The molecule has 8 heteroatoms. The summed E-state index contributed by atoms with van der Waals surface area (Å²) in [5.41, 5.74) is 3.83. The molecular formula is C23H26N4O3S. The van der Waals surface area contributed by atoms with Crippen LogP contribution in [0.1, 0.15) is 71.5 Å². The lowest BCUT2D eigenvalue weighted by molar-refractivity contribution is 0.0941. The first-order chi connectivity index (χ1) is 14.8. The zero-order chi connectivity index (χ0) is 21.8. The summed E-state index contributed by atoms with van der Waals surface area (Å²) < 4.78 is 25.8. The van der Waals surface area contributed by atoms with E-state index in [1.807, 2.05) is 50.2 Å². The fourth-order valence-corrected chi connectivity index (χ4v) is 6.11. The molecule has 0 bridgehead atoms. The Morgan fingerprint density at radius 1 is 1.19 bits per heavy atom. The number of nitrogens with one attached hydrogen (secondary N) is 1. The number of aryl methyl sites for hydroxylation is 1. The van der Waals surface area contributed by atoms with Crippen LogP contribution in [0.15, 0.2) is 36.4 Å². The van der Waals surface area contributed by atoms with Gasteiger partial charge in [0.2, 0.25) is 0 Å². The lowest BCUT2D eigenvalue weighted by Gasteiger charge is -2.16. The van der Waals surface area contributed by atoms with Crippen LogP contribution in [0, 0.1) is 6.92 Å². The Kier molecular flexibility index (Phi) is 4.84. The summed E-state index contributed by atoms with van der Waals surface area (Å²) in [4.78, 5) is 18.2. The zero-order valence-corrected chi connectivity index (χ0v) is 18.5. The quantitative estimate of drug-likeness (QED) is 0.658. The molecule has 2 aliphatic rings. The summed E-state index contributed by atoms with van der Waals surface area (Å²) >= 11 is 0. The van der Waals surface area contributed by atoms with Crippen LogP contribution in [0.2, 0.25) is 0 Å². The molecule has 162 valence electrons. The number of amides is 1. The van der Waals surface area contributed by atoms with Gasteiger partial charge in [-0.15, -0.1) is 0 Å². The van der Waals surface area contributed by atoms with Crippen molar-refractivity contribution in [3.05, 3.63) is 58.9 Å². The van der Waals surface area contributed by atoms with Crippen LogP contribution in [0.3, 0.4) is 0 Å². The standard InChI is InChI=1S/C23H26N4O3S/c1-14(16-6-4-3-5-7-16)24-23(28)19-12-20(17-8-9-17)25-22-21(19)15(2)26-27(22)18-10-11-31(29,30)13-18/h3-7,12,14,17-18H,8-11,13H2,1-2H3,(H,24,28). The minimum Gasteiger partial charge on any atom is -0.345 e. The van der Waals surface area contributed by atoms with Crippen LogP contribution < -0.4 is 5.32 Å². The van der Waals surface area contributed by atoms with E-state index in [-0.39, 0.29) is 29.5 Å². The molecule has 7 nitrogen and oxygen atoms in total. The van der Waals surface area contributed by atoms with E-state index < -0.39 is 9.84 Å². The van der Waals surface area contributed by atoms with Gasteiger partial charge in [0.25, 0.3) is 5.91 Å². The van der Waals surface area contributed by atoms with Crippen LogP contribution in [0.4, 0.5) is 0 Å². The first kappa shape index (κ1) is 20.2. The van der Waals surface area contributed by atoms with Gasteiger partial charge in [-0.3, -0.25) is 4.79 Å². The maximum Gasteiger partial charge on any atom is 0.252 e. The Bertz CT molecular complexity index is 1260. The normalized spacial score (nSPS) is 21.3. The smallest absolute Gasteiger partial charge is 0.252 e. The maximum absolute atomic E-state index is 13.4. The molecule has 1 amide bonds. The van der Waals surface area contributed by atoms with Gasteiger partial charge in [0.15, 0.2) is 15.5 Å². The lowest BCUT2D eigenvalue weighted by atomic mass is 10.0. The van der Waals surface area contributed by atoms with Gasteiger partial charge in [0.1, 0.15) is 0 Å². The van der Waals surface area contributed by atoms with Crippen molar-refractivity contribution in [1.82, 2.24) is 20.1 Å². The summed E-state index contributed by atoms with van der Waals surface area (Å²) in [5, 5.41) is 8.47. The van der Waals surface area contributed by atoms with E-state index in [1.54, 1.807) is 4.68 Å². The van der Waals surface area contributed by atoms with Gasteiger partial charge in [0.05, 0.1) is 40.2 Å². The highest BCUT2D eigenvalue weighted by Gasteiger charge is 2.34. The minimum atomic E-state index is -3.06. The van der Waals surface area contributed by atoms with Crippen molar-refractivity contribution in [3.63, 3.8) is 0 Å². The third-order valence-corrected chi connectivity index (χ3v) is 8.05. The molecule has 3 heterocycles. The number of fused-ring (bicyclic) bond motifs is 1. The molecule has 2 unspecified atom stereocenters. The molecule has 0 spiro atoms. The number of nitrogens with zero attached hydrogens (tertiary/aromatic N) is 3. The summed E-state index contributed by atoms with van der Waals surface area (Å²) in [5.74, 6) is 0.443. The van der Waals surface area contributed by atoms with Crippen molar-refractivity contribution in [2.45, 2.75) is 51.1 Å². The van der Waals surface area contributed by atoms with Crippen molar-refractivity contribution >= 4 is 26.8 Å². The van der Waals surface area contributed by atoms with Crippen LogP contribution in [-0.4, -0.2) is 40.6 Å². The molecule has 31 heavy (non-hydrogen) atoms. The van der Waals surface area contributed by atoms with Gasteiger partial charge in [-0.1, -0.05) is 30.3 Å². The van der Waals surface area contributed by atoms with Crippen LogP contribution in [-0.2, 0) is 9.84 Å².